The molecule has 2 nitrogen and oxygen atoms in total. The summed E-state index contributed by atoms with van der Waals surface area (Å²) >= 11 is 0. The van der Waals surface area contributed by atoms with Gasteiger partial charge in [-0.25, -0.2) is 0 Å². The number of pyridine rings is 1. The Morgan fingerprint density at radius 3 is 3.00 bits per heavy atom. The van der Waals surface area contributed by atoms with E-state index in [1.165, 1.54) is 10.9 Å². The molecule has 0 saturated heterocycles. The average molecular weight is 160 g/mol. The molecule has 1 aromatic heterocycles. The Labute approximate surface area is 71.6 Å². The maximum atomic E-state index is 4.30. The zero-order chi connectivity index (χ0) is 8.39. The van der Waals surface area contributed by atoms with Gasteiger partial charge in [0.25, 0.3) is 0 Å². The van der Waals surface area contributed by atoms with Crippen molar-refractivity contribution in [2.75, 3.05) is 12.4 Å². The molecule has 62 valence electrons. The minimum atomic E-state index is 1.12. The predicted octanol–water partition coefficient (Wildman–Crippen LogP) is 0.478. The monoisotopic (exact) mass is 160 g/mol. The highest BCUT2D eigenvalue weighted by atomic mass is 14.8. The van der Waals surface area contributed by atoms with Crippen molar-refractivity contribution in [3.05, 3.63) is 22.8 Å². The maximum absolute atomic E-state index is 4.30. The van der Waals surface area contributed by atoms with Crippen LogP contribution in [0.2, 0.25) is 0 Å². The molecule has 0 saturated carbocycles. The SMILES string of the molecule is CNc1ccnc2c1=CCCC=2. The van der Waals surface area contributed by atoms with E-state index in [0.717, 1.165) is 18.2 Å². The Balaban J connectivity index is 2.77. The molecule has 0 fully saturated rings. The number of rotatable bonds is 1. The van der Waals surface area contributed by atoms with Crippen molar-refractivity contribution < 1.29 is 0 Å². The molecule has 0 spiro atoms. The van der Waals surface area contributed by atoms with Gasteiger partial charge in [0.2, 0.25) is 0 Å². The van der Waals surface area contributed by atoms with Crippen molar-refractivity contribution in [1.82, 2.24) is 4.98 Å². The van der Waals surface area contributed by atoms with Crippen molar-refractivity contribution in [2.45, 2.75) is 12.8 Å². The van der Waals surface area contributed by atoms with Gasteiger partial charge in [-0.3, -0.25) is 4.98 Å². The van der Waals surface area contributed by atoms with Gasteiger partial charge >= 0.3 is 0 Å². The summed E-state index contributed by atoms with van der Waals surface area (Å²) in [5, 5.41) is 5.54. The summed E-state index contributed by atoms with van der Waals surface area (Å²) in [6, 6.07) is 2.01. The van der Waals surface area contributed by atoms with Crippen LogP contribution in [0.25, 0.3) is 12.2 Å². The van der Waals surface area contributed by atoms with E-state index in [4.69, 9.17) is 0 Å². The van der Waals surface area contributed by atoms with Crippen LogP contribution in [0.1, 0.15) is 12.8 Å². The van der Waals surface area contributed by atoms with E-state index >= 15 is 0 Å². The first kappa shape index (κ1) is 7.35. The standard InChI is InChI=1S/C10H12N2/c1-11-9-6-7-12-10-5-3-2-4-8(9)10/h4-7,11H,2-3H2,1H3. The summed E-state index contributed by atoms with van der Waals surface area (Å²) in [5.74, 6) is 0. The summed E-state index contributed by atoms with van der Waals surface area (Å²) in [4.78, 5) is 4.30. The highest BCUT2D eigenvalue weighted by Crippen LogP contribution is 1.99. The van der Waals surface area contributed by atoms with Gasteiger partial charge in [0.05, 0.1) is 5.35 Å². The number of anilines is 1. The number of aromatic nitrogens is 1. The Kier molecular flexibility index (Phi) is 1.82. The van der Waals surface area contributed by atoms with Crippen LogP contribution in [0.4, 0.5) is 5.69 Å². The molecule has 0 unspecified atom stereocenters. The van der Waals surface area contributed by atoms with Gasteiger partial charge < -0.3 is 5.32 Å². The first-order valence-electron chi connectivity index (χ1n) is 4.25. The second-order valence-electron chi connectivity index (χ2n) is 2.89. The summed E-state index contributed by atoms with van der Waals surface area (Å²) in [6.07, 6.45) is 8.53. The maximum Gasteiger partial charge on any atom is 0.0679 e. The van der Waals surface area contributed by atoms with Gasteiger partial charge in [-0.05, 0) is 18.9 Å². The number of nitrogens with one attached hydrogen (secondary N) is 1. The Morgan fingerprint density at radius 1 is 1.33 bits per heavy atom. The number of hydrogen-bond donors (Lipinski definition) is 1. The Bertz CT molecular complexity index is 393. The van der Waals surface area contributed by atoms with E-state index in [-0.39, 0.29) is 0 Å². The molecular weight excluding hydrogens is 148 g/mol. The molecule has 0 aromatic carbocycles. The molecule has 1 heterocycles. The van der Waals surface area contributed by atoms with Crippen LogP contribution < -0.4 is 15.9 Å². The molecule has 1 N–H and O–H groups in total. The van der Waals surface area contributed by atoms with Gasteiger partial charge in [-0.1, -0.05) is 12.2 Å². The normalized spacial score (nSPS) is 14.1. The largest absolute Gasteiger partial charge is 0.388 e. The lowest BCUT2D eigenvalue weighted by Crippen LogP contribution is -2.31. The molecular formula is C10H12N2. The van der Waals surface area contributed by atoms with Gasteiger partial charge in [-0.15, -0.1) is 0 Å². The van der Waals surface area contributed by atoms with E-state index in [2.05, 4.69) is 22.5 Å². The first-order chi connectivity index (χ1) is 5.92. The van der Waals surface area contributed by atoms with Crippen molar-refractivity contribution in [2.24, 2.45) is 0 Å². The lowest BCUT2D eigenvalue weighted by molar-refractivity contribution is 1.08. The van der Waals surface area contributed by atoms with Crippen LogP contribution >= 0.6 is 0 Å². The topological polar surface area (TPSA) is 24.9 Å². The van der Waals surface area contributed by atoms with E-state index in [1.807, 2.05) is 19.3 Å². The third kappa shape index (κ3) is 1.09. The number of hydrogen-bond acceptors (Lipinski definition) is 2. The van der Waals surface area contributed by atoms with Crippen LogP contribution in [0.5, 0.6) is 0 Å². The molecule has 0 atom stereocenters. The molecule has 2 heteroatoms. The second-order valence-corrected chi connectivity index (χ2v) is 2.89. The minimum Gasteiger partial charge on any atom is -0.388 e. The van der Waals surface area contributed by atoms with E-state index < -0.39 is 0 Å². The molecule has 2 rings (SSSR count). The highest BCUT2D eigenvalue weighted by molar-refractivity contribution is 5.51. The lowest BCUT2D eigenvalue weighted by Gasteiger charge is -2.04. The zero-order valence-electron chi connectivity index (χ0n) is 7.17. The Morgan fingerprint density at radius 2 is 2.17 bits per heavy atom. The van der Waals surface area contributed by atoms with Crippen LogP contribution in [-0.2, 0) is 0 Å². The fourth-order valence-electron chi connectivity index (χ4n) is 1.53. The van der Waals surface area contributed by atoms with Crippen molar-refractivity contribution in [1.29, 1.82) is 0 Å². The molecule has 1 aliphatic carbocycles. The third-order valence-electron chi connectivity index (χ3n) is 2.14. The van der Waals surface area contributed by atoms with Gasteiger partial charge in [0, 0.05) is 24.2 Å². The zero-order valence-corrected chi connectivity index (χ0v) is 7.17. The van der Waals surface area contributed by atoms with E-state index in [9.17, 15) is 0 Å². The third-order valence-corrected chi connectivity index (χ3v) is 2.14. The fourth-order valence-corrected chi connectivity index (χ4v) is 1.53. The summed E-state index contributed by atoms with van der Waals surface area (Å²) < 4.78 is 0. The smallest absolute Gasteiger partial charge is 0.0679 e. The average Bonchev–Trinajstić information content (AvgIpc) is 2.17. The molecule has 1 aliphatic rings. The first-order valence-corrected chi connectivity index (χ1v) is 4.25. The molecule has 12 heavy (non-hydrogen) atoms. The van der Waals surface area contributed by atoms with Gasteiger partial charge in [0.1, 0.15) is 0 Å². The van der Waals surface area contributed by atoms with E-state index in [1.54, 1.807) is 0 Å². The quantitative estimate of drug-likeness (QED) is 0.646. The Hall–Kier alpha value is -1.31. The van der Waals surface area contributed by atoms with Gasteiger partial charge in [0.15, 0.2) is 0 Å². The van der Waals surface area contributed by atoms with Crippen molar-refractivity contribution in [3.8, 4) is 0 Å². The molecule has 0 amide bonds. The van der Waals surface area contributed by atoms with Crippen LogP contribution in [0.3, 0.4) is 0 Å². The number of nitrogens with zero attached hydrogens (tertiary/aromatic N) is 1. The summed E-state index contributed by atoms with van der Waals surface area (Å²) in [7, 11) is 1.94. The summed E-state index contributed by atoms with van der Waals surface area (Å²) in [5.41, 5.74) is 1.18. The minimum absolute atomic E-state index is 1.12. The van der Waals surface area contributed by atoms with Crippen LogP contribution in [0.15, 0.2) is 12.3 Å². The highest BCUT2D eigenvalue weighted by Gasteiger charge is 1.97. The fraction of sp³-hybridized carbons (Fsp3) is 0.300. The molecule has 0 bridgehead atoms. The predicted molar refractivity (Wildman–Crippen MR) is 51.2 cm³/mol. The number of fused-ring (bicyclic) bond motifs is 1. The second kappa shape index (κ2) is 2.97. The van der Waals surface area contributed by atoms with Crippen LogP contribution in [-0.4, -0.2) is 12.0 Å². The van der Waals surface area contributed by atoms with E-state index in [0.29, 0.717) is 0 Å². The van der Waals surface area contributed by atoms with Gasteiger partial charge in [-0.2, -0.15) is 0 Å². The van der Waals surface area contributed by atoms with Crippen molar-refractivity contribution in [3.63, 3.8) is 0 Å². The lowest BCUT2D eigenvalue weighted by atomic mass is 10.1. The summed E-state index contributed by atoms with van der Waals surface area (Å²) in [6.45, 7) is 0. The van der Waals surface area contributed by atoms with Crippen molar-refractivity contribution >= 4 is 17.8 Å². The molecule has 1 aromatic rings. The molecule has 0 aliphatic heterocycles. The molecule has 0 radical (unpaired) electrons. The van der Waals surface area contributed by atoms with Crippen LogP contribution in [0, 0.1) is 0 Å².